The van der Waals surface area contributed by atoms with E-state index in [0.717, 1.165) is 29.8 Å². The van der Waals surface area contributed by atoms with E-state index in [2.05, 4.69) is 33.5 Å². The second-order valence-corrected chi connectivity index (χ2v) is 7.49. The lowest BCUT2D eigenvalue weighted by molar-refractivity contribution is -0.664. The maximum absolute atomic E-state index is 12.2. The van der Waals surface area contributed by atoms with E-state index in [4.69, 9.17) is 5.11 Å². The molecule has 0 radical (unpaired) electrons. The number of hydrogen-bond acceptors (Lipinski definition) is 2. The summed E-state index contributed by atoms with van der Waals surface area (Å²) in [6, 6.07) is 8.20. The smallest absolute Gasteiger partial charge is 0.305 e. The molecule has 2 heterocycles. The van der Waals surface area contributed by atoms with E-state index in [9.17, 15) is 9.59 Å². The Morgan fingerprint density at radius 1 is 1.21 bits per heavy atom. The molecule has 7 heteroatoms. The third kappa shape index (κ3) is 6.24. The molecule has 0 bridgehead atoms. The number of hydrogen-bond donors (Lipinski definition) is 3. The Kier molecular flexibility index (Phi) is 8.80. The highest BCUT2D eigenvalue weighted by molar-refractivity contribution is 5.89. The van der Waals surface area contributed by atoms with Crippen molar-refractivity contribution in [1.29, 1.82) is 0 Å². The first-order valence-corrected chi connectivity index (χ1v) is 10.0. The first-order chi connectivity index (χ1) is 13.1. The zero-order valence-electron chi connectivity index (χ0n) is 16.2. The van der Waals surface area contributed by atoms with Gasteiger partial charge >= 0.3 is 5.97 Å². The number of para-hydroxylation sites is 1. The summed E-state index contributed by atoms with van der Waals surface area (Å²) >= 11 is 0. The average molecular weight is 408 g/mol. The second-order valence-electron chi connectivity index (χ2n) is 7.49. The number of benzene rings is 1. The predicted octanol–water partition coefficient (Wildman–Crippen LogP) is -1.47. The molecule has 0 unspecified atom stereocenters. The van der Waals surface area contributed by atoms with Crippen LogP contribution in [0, 0.1) is 5.92 Å². The van der Waals surface area contributed by atoms with Gasteiger partial charge in [0.2, 0.25) is 5.91 Å². The van der Waals surface area contributed by atoms with E-state index in [1.807, 2.05) is 12.1 Å². The van der Waals surface area contributed by atoms with Gasteiger partial charge in [-0.05, 0) is 43.2 Å². The molecule has 3 rings (SSSR count). The topological polar surface area (TPSA) is 87.9 Å². The average Bonchev–Trinajstić information content (AvgIpc) is 3.00. The zero-order valence-corrected chi connectivity index (χ0v) is 17.0. The van der Waals surface area contributed by atoms with Crippen LogP contribution in [-0.2, 0) is 22.6 Å². The maximum Gasteiger partial charge on any atom is 0.305 e. The Hall–Kier alpha value is -2.05. The standard InChI is InChI=1S/C21H29N3O3.ClH/c25-20(23-12-9-21(26)27)14-17-15-24(19-6-2-1-5-18(17)19)13-3-4-16-7-10-22-11-8-16;/h1-2,5-6,15-16,22H,3-4,7-14H2,(H,23,25)(H,26,27);1H. The number of piperidine rings is 1. The van der Waals surface area contributed by atoms with E-state index in [1.54, 1.807) is 0 Å². The van der Waals surface area contributed by atoms with Crippen molar-refractivity contribution in [2.24, 2.45) is 5.92 Å². The van der Waals surface area contributed by atoms with E-state index in [-0.39, 0.29) is 37.7 Å². The summed E-state index contributed by atoms with van der Waals surface area (Å²) in [6.45, 7) is 3.67. The van der Waals surface area contributed by atoms with E-state index >= 15 is 0 Å². The van der Waals surface area contributed by atoms with Crippen LogP contribution in [-0.4, -0.2) is 41.2 Å². The number of carbonyl (C=O) groups excluding carboxylic acids is 1. The van der Waals surface area contributed by atoms with Crippen molar-refractivity contribution in [2.75, 3.05) is 19.6 Å². The summed E-state index contributed by atoms with van der Waals surface area (Å²) in [4.78, 5) is 22.7. The number of nitrogens with zero attached hydrogens (tertiary/aromatic N) is 1. The molecule has 1 aromatic heterocycles. The number of amides is 1. The molecular formula is C21H30ClN3O3. The lowest BCUT2D eigenvalue weighted by Gasteiger charge is -2.20. The minimum absolute atomic E-state index is 0. The van der Waals surface area contributed by atoms with Crippen LogP contribution in [0.1, 0.15) is 37.7 Å². The monoisotopic (exact) mass is 407 g/mol. The predicted molar refractivity (Wildman–Crippen MR) is 105 cm³/mol. The quantitative estimate of drug-likeness (QED) is 0.474. The normalized spacial score (nSPS) is 14.6. The van der Waals surface area contributed by atoms with Gasteiger partial charge in [0, 0.05) is 30.2 Å². The second kappa shape index (κ2) is 11.1. The molecular weight excluding hydrogens is 378 g/mol. The van der Waals surface area contributed by atoms with Crippen molar-refractivity contribution in [1.82, 2.24) is 9.88 Å². The van der Waals surface area contributed by atoms with Crippen LogP contribution in [0.15, 0.2) is 30.5 Å². The summed E-state index contributed by atoms with van der Waals surface area (Å²) in [6.07, 6.45) is 7.41. The fraction of sp³-hybridized carbons (Fsp3) is 0.524. The zero-order chi connectivity index (χ0) is 19.1. The number of aromatic nitrogens is 1. The summed E-state index contributed by atoms with van der Waals surface area (Å²) in [5.41, 5.74) is 2.17. The molecule has 2 aromatic rings. The number of halogens is 1. The van der Waals surface area contributed by atoms with Crippen LogP contribution >= 0.6 is 0 Å². The number of carbonyl (C=O) groups is 2. The Balaban J connectivity index is 0.00000280. The molecule has 1 fully saturated rings. The van der Waals surface area contributed by atoms with Crippen molar-refractivity contribution in [2.45, 2.75) is 45.1 Å². The molecule has 1 amide bonds. The highest BCUT2D eigenvalue weighted by atomic mass is 35.5. The van der Waals surface area contributed by atoms with Crippen LogP contribution in [0.3, 0.4) is 0 Å². The van der Waals surface area contributed by atoms with Crippen LogP contribution in [0.5, 0.6) is 0 Å². The third-order valence-electron chi connectivity index (χ3n) is 5.45. The van der Waals surface area contributed by atoms with Crippen LogP contribution in [0.25, 0.3) is 10.9 Å². The van der Waals surface area contributed by atoms with Gasteiger partial charge in [0.15, 0.2) is 0 Å². The minimum Gasteiger partial charge on any atom is -1.00 e. The number of nitrogens with two attached hydrogens (primary N) is 1. The lowest BCUT2D eigenvalue weighted by atomic mass is 9.93. The molecule has 28 heavy (non-hydrogen) atoms. The van der Waals surface area contributed by atoms with Gasteiger partial charge in [0.25, 0.3) is 0 Å². The number of fused-ring (bicyclic) bond motifs is 1. The van der Waals surface area contributed by atoms with E-state index in [0.29, 0.717) is 0 Å². The number of quaternary nitrogens is 1. The van der Waals surface area contributed by atoms with Gasteiger partial charge in [0.1, 0.15) is 0 Å². The molecule has 1 aliphatic rings. The van der Waals surface area contributed by atoms with Gasteiger partial charge < -0.3 is 32.7 Å². The van der Waals surface area contributed by atoms with Gasteiger partial charge in [-0.15, -0.1) is 0 Å². The Morgan fingerprint density at radius 3 is 2.71 bits per heavy atom. The van der Waals surface area contributed by atoms with Gasteiger partial charge in [-0.25, -0.2) is 0 Å². The Morgan fingerprint density at radius 2 is 1.96 bits per heavy atom. The number of nitrogens with one attached hydrogen (secondary N) is 1. The highest BCUT2D eigenvalue weighted by Gasteiger charge is 2.16. The minimum atomic E-state index is -0.900. The van der Waals surface area contributed by atoms with E-state index in [1.165, 1.54) is 37.9 Å². The molecule has 1 aromatic carbocycles. The third-order valence-corrected chi connectivity index (χ3v) is 5.45. The molecule has 0 aliphatic carbocycles. The Labute approximate surface area is 172 Å². The van der Waals surface area contributed by atoms with Crippen molar-refractivity contribution in [3.63, 3.8) is 0 Å². The highest BCUT2D eigenvalue weighted by Crippen LogP contribution is 2.23. The molecule has 4 N–H and O–H groups in total. The number of carboxylic acids is 1. The van der Waals surface area contributed by atoms with Crippen molar-refractivity contribution < 1.29 is 32.4 Å². The molecule has 1 aliphatic heterocycles. The summed E-state index contributed by atoms with van der Waals surface area (Å²) in [7, 11) is 0. The first-order valence-electron chi connectivity index (χ1n) is 10.0. The van der Waals surface area contributed by atoms with Crippen LogP contribution < -0.4 is 23.0 Å². The number of aryl methyl sites for hydroxylation is 1. The molecule has 0 spiro atoms. The first kappa shape index (κ1) is 22.2. The molecule has 1 saturated heterocycles. The molecule has 154 valence electrons. The fourth-order valence-corrected chi connectivity index (χ4v) is 4.03. The number of aliphatic carboxylic acids is 1. The summed E-state index contributed by atoms with van der Waals surface area (Å²) in [5.74, 6) is -0.170. The fourth-order valence-electron chi connectivity index (χ4n) is 4.03. The largest absolute Gasteiger partial charge is 1.00 e. The summed E-state index contributed by atoms with van der Waals surface area (Å²) < 4.78 is 2.27. The van der Waals surface area contributed by atoms with Gasteiger partial charge in [-0.2, -0.15) is 0 Å². The van der Waals surface area contributed by atoms with Crippen molar-refractivity contribution in [3.8, 4) is 0 Å². The van der Waals surface area contributed by atoms with Crippen molar-refractivity contribution >= 4 is 22.8 Å². The van der Waals surface area contributed by atoms with Gasteiger partial charge in [0.05, 0.1) is 25.9 Å². The van der Waals surface area contributed by atoms with E-state index < -0.39 is 5.97 Å². The van der Waals surface area contributed by atoms with Gasteiger partial charge in [-0.3, -0.25) is 9.59 Å². The molecule has 0 atom stereocenters. The molecule has 0 saturated carbocycles. The van der Waals surface area contributed by atoms with Crippen LogP contribution in [0.4, 0.5) is 0 Å². The number of rotatable bonds is 9. The van der Waals surface area contributed by atoms with Crippen LogP contribution in [0.2, 0.25) is 0 Å². The summed E-state index contributed by atoms with van der Waals surface area (Å²) in [5, 5.41) is 14.9. The number of carboxylic acid groups (broad SMARTS) is 1. The lowest BCUT2D eigenvalue weighted by Crippen LogP contribution is -3.00. The SMILES string of the molecule is O=C(O)CCNC(=O)Cc1cn(CCCC2CC[NH2+]CC2)c2ccccc12.[Cl-]. The Bertz CT molecular complexity index is 784. The maximum atomic E-state index is 12.2. The van der Waals surface area contributed by atoms with Gasteiger partial charge in [-0.1, -0.05) is 18.2 Å². The van der Waals surface area contributed by atoms with Crippen molar-refractivity contribution in [3.05, 3.63) is 36.0 Å². The molecule has 6 nitrogen and oxygen atoms in total.